The first-order valence-electron chi connectivity index (χ1n) is 5.71. The van der Waals surface area contributed by atoms with Gasteiger partial charge in [-0.3, -0.25) is 10.1 Å². The van der Waals surface area contributed by atoms with Crippen LogP contribution < -0.4 is 0 Å². The van der Waals surface area contributed by atoms with Crippen molar-refractivity contribution in [2.75, 3.05) is 5.88 Å². The molecular formula is C12H11ClN2O4S. The number of halogens is 1. The SMILES string of the molecule is CC(CCl)S(=O)(=O)c1ccc2cc([N+](=O)[O-])ccc2n1. The first-order chi connectivity index (χ1) is 9.36. The van der Waals surface area contributed by atoms with E-state index in [-0.39, 0.29) is 16.6 Å². The molecular weight excluding hydrogens is 304 g/mol. The van der Waals surface area contributed by atoms with Crippen LogP contribution >= 0.6 is 11.6 Å². The maximum Gasteiger partial charge on any atom is 0.270 e. The summed E-state index contributed by atoms with van der Waals surface area (Å²) in [5.41, 5.74) is 0.322. The minimum Gasteiger partial charge on any atom is -0.258 e. The lowest BCUT2D eigenvalue weighted by Crippen LogP contribution is -2.20. The first kappa shape index (κ1) is 14.7. The molecule has 1 atom stereocenters. The molecule has 0 saturated carbocycles. The monoisotopic (exact) mass is 314 g/mol. The number of pyridine rings is 1. The number of hydrogen-bond acceptors (Lipinski definition) is 5. The van der Waals surface area contributed by atoms with E-state index in [1.165, 1.54) is 37.3 Å². The number of aromatic nitrogens is 1. The predicted octanol–water partition coefficient (Wildman–Crippen LogP) is 2.54. The number of nitro groups is 1. The second-order valence-corrected chi connectivity index (χ2v) is 6.92. The molecule has 1 unspecified atom stereocenters. The van der Waals surface area contributed by atoms with E-state index >= 15 is 0 Å². The molecule has 106 valence electrons. The van der Waals surface area contributed by atoms with Crippen molar-refractivity contribution in [3.05, 3.63) is 40.4 Å². The fourth-order valence-electron chi connectivity index (χ4n) is 1.66. The highest BCUT2D eigenvalue weighted by Crippen LogP contribution is 2.22. The molecule has 1 heterocycles. The van der Waals surface area contributed by atoms with Gasteiger partial charge in [0.25, 0.3) is 5.69 Å². The quantitative estimate of drug-likeness (QED) is 0.491. The Morgan fingerprint density at radius 1 is 1.35 bits per heavy atom. The number of hydrogen-bond donors (Lipinski definition) is 0. The highest BCUT2D eigenvalue weighted by molar-refractivity contribution is 7.92. The molecule has 0 amide bonds. The van der Waals surface area contributed by atoms with Gasteiger partial charge >= 0.3 is 0 Å². The summed E-state index contributed by atoms with van der Waals surface area (Å²) in [6.45, 7) is 1.50. The Morgan fingerprint density at radius 3 is 2.65 bits per heavy atom. The molecule has 0 N–H and O–H groups in total. The molecule has 0 aliphatic carbocycles. The van der Waals surface area contributed by atoms with E-state index in [1.807, 2.05) is 0 Å². The van der Waals surface area contributed by atoms with E-state index in [9.17, 15) is 18.5 Å². The molecule has 6 nitrogen and oxygen atoms in total. The molecule has 20 heavy (non-hydrogen) atoms. The number of alkyl halides is 1. The smallest absolute Gasteiger partial charge is 0.258 e. The average molecular weight is 315 g/mol. The van der Waals surface area contributed by atoms with Crippen LogP contribution in [0.25, 0.3) is 10.9 Å². The maximum absolute atomic E-state index is 12.1. The molecule has 1 aromatic carbocycles. The largest absolute Gasteiger partial charge is 0.270 e. The molecule has 2 rings (SSSR count). The van der Waals surface area contributed by atoms with Crippen molar-refractivity contribution in [3.63, 3.8) is 0 Å². The Morgan fingerprint density at radius 2 is 2.05 bits per heavy atom. The lowest BCUT2D eigenvalue weighted by Gasteiger charge is -2.09. The second kappa shape index (κ2) is 5.34. The zero-order chi connectivity index (χ0) is 14.9. The van der Waals surface area contributed by atoms with E-state index < -0.39 is 20.0 Å². The van der Waals surface area contributed by atoms with Crippen molar-refractivity contribution in [2.24, 2.45) is 0 Å². The van der Waals surface area contributed by atoms with E-state index in [4.69, 9.17) is 11.6 Å². The molecule has 0 fully saturated rings. The van der Waals surface area contributed by atoms with Crippen LogP contribution in [0.3, 0.4) is 0 Å². The fraction of sp³-hybridized carbons (Fsp3) is 0.250. The van der Waals surface area contributed by atoms with Crippen LogP contribution in [0.4, 0.5) is 5.69 Å². The number of rotatable bonds is 4. The molecule has 8 heteroatoms. The van der Waals surface area contributed by atoms with Crippen molar-refractivity contribution >= 4 is 38.0 Å². The molecule has 0 spiro atoms. The summed E-state index contributed by atoms with van der Waals surface area (Å²) < 4.78 is 24.3. The van der Waals surface area contributed by atoms with Gasteiger partial charge in [-0.1, -0.05) is 0 Å². The van der Waals surface area contributed by atoms with Gasteiger partial charge in [-0.2, -0.15) is 0 Å². The second-order valence-electron chi connectivity index (χ2n) is 4.29. The predicted molar refractivity (Wildman–Crippen MR) is 75.8 cm³/mol. The topological polar surface area (TPSA) is 90.2 Å². The first-order valence-corrected chi connectivity index (χ1v) is 7.79. The van der Waals surface area contributed by atoms with Gasteiger partial charge in [-0.15, -0.1) is 11.6 Å². The minimum atomic E-state index is -3.58. The van der Waals surface area contributed by atoms with Gasteiger partial charge in [0.2, 0.25) is 0 Å². The van der Waals surface area contributed by atoms with Gasteiger partial charge in [-0.05, 0) is 25.1 Å². The fourth-order valence-corrected chi connectivity index (χ4v) is 3.21. The van der Waals surface area contributed by atoms with Crippen molar-refractivity contribution in [1.29, 1.82) is 0 Å². The molecule has 0 radical (unpaired) electrons. The summed E-state index contributed by atoms with van der Waals surface area (Å²) in [6, 6.07) is 6.91. The van der Waals surface area contributed by atoms with Crippen molar-refractivity contribution < 1.29 is 13.3 Å². The summed E-state index contributed by atoms with van der Waals surface area (Å²) in [4.78, 5) is 14.2. The van der Waals surface area contributed by atoms with Crippen LogP contribution in [0.1, 0.15) is 6.92 Å². The Balaban J connectivity index is 2.56. The molecule has 1 aromatic heterocycles. The van der Waals surface area contributed by atoms with E-state index in [2.05, 4.69) is 4.98 Å². The van der Waals surface area contributed by atoms with Crippen LogP contribution in [0.5, 0.6) is 0 Å². The highest BCUT2D eigenvalue weighted by Gasteiger charge is 2.24. The number of nitrogens with zero attached hydrogens (tertiary/aromatic N) is 2. The minimum absolute atomic E-state index is 0.0255. The van der Waals surface area contributed by atoms with Crippen LogP contribution in [0.15, 0.2) is 35.4 Å². The highest BCUT2D eigenvalue weighted by atomic mass is 35.5. The molecule has 2 aromatic rings. The number of sulfone groups is 1. The Kier molecular flexibility index (Phi) is 3.92. The van der Waals surface area contributed by atoms with Gasteiger partial charge < -0.3 is 0 Å². The van der Waals surface area contributed by atoms with Gasteiger partial charge in [-0.25, -0.2) is 13.4 Å². The molecule has 0 saturated heterocycles. The normalized spacial score (nSPS) is 13.3. The van der Waals surface area contributed by atoms with Crippen LogP contribution in [-0.4, -0.2) is 29.5 Å². The van der Waals surface area contributed by atoms with Crippen molar-refractivity contribution in [3.8, 4) is 0 Å². The number of non-ortho nitro benzene ring substituents is 1. The summed E-state index contributed by atoms with van der Waals surface area (Å²) in [5.74, 6) is -0.0255. The van der Waals surface area contributed by atoms with Crippen LogP contribution in [-0.2, 0) is 9.84 Å². The summed E-state index contributed by atoms with van der Waals surface area (Å²) in [7, 11) is -3.58. The third-order valence-electron chi connectivity index (χ3n) is 2.90. The molecule has 0 bridgehead atoms. The number of fused-ring (bicyclic) bond motifs is 1. The zero-order valence-electron chi connectivity index (χ0n) is 10.5. The Labute approximate surface area is 120 Å². The van der Waals surface area contributed by atoms with Crippen molar-refractivity contribution in [2.45, 2.75) is 17.2 Å². The van der Waals surface area contributed by atoms with E-state index in [0.29, 0.717) is 10.9 Å². The Bertz CT molecular complexity index is 776. The van der Waals surface area contributed by atoms with Gasteiger partial charge in [0, 0.05) is 23.4 Å². The number of benzene rings is 1. The summed E-state index contributed by atoms with van der Waals surface area (Å²) in [5, 5.41) is 10.4. The lowest BCUT2D eigenvalue weighted by atomic mass is 10.2. The standard InChI is InChI=1S/C12H11ClN2O4S/c1-8(7-13)20(18,19)12-5-2-9-6-10(15(16)17)3-4-11(9)14-12/h2-6,8H,7H2,1H3. The van der Waals surface area contributed by atoms with Gasteiger partial charge in [0.15, 0.2) is 14.9 Å². The third kappa shape index (κ3) is 2.59. The molecule has 0 aliphatic heterocycles. The average Bonchev–Trinajstić information content (AvgIpc) is 2.44. The maximum atomic E-state index is 12.1. The Hall–Kier alpha value is -1.73. The van der Waals surface area contributed by atoms with E-state index in [1.54, 1.807) is 0 Å². The van der Waals surface area contributed by atoms with E-state index in [0.717, 1.165) is 0 Å². The summed E-state index contributed by atoms with van der Waals surface area (Å²) in [6.07, 6.45) is 0. The third-order valence-corrected chi connectivity index (χ3v) is 5.58. The van der Waals surface area contributed by atoms with Gasteiger partial charge in [0.1, 0.15) is 0 Å². The number of nitro benzene ring substituents is 1. The molecule has 0 aliphatic rings. The van der Waals surface area contributed by atoms with Crippen LogP contribution in [0, 0.1) is 10.1 Å². The van der Waals surface area contributed by atoms with Crippen LogP contribution in [0.2, 0.25) is 0 Å². The van der Waals surface area contributed by atoms with Gasteiger partial charge in [0.05, 0.1) is 15.7 Å². The lowest BCUT2D eigenvalue weighted by molar-refractivity contribution is -0.384. The zero-order valence-corrected chi connectivity index (χ0v) is 12.1. The summed E-state index contributed by atoms with van der Waals surface area (Å²) >= 11 is 5.58. The van der Waals surface area contributed by atoms with Crippen molar-refractivity contribution in [1.82, 2.24) is 4.98 Å².